The van der Waals surface area contributed by atoms with E-state index in [1.165, 1.54) is 16.6 Å². The van der Waals surface area contributed by atoms with Gasteiger partial charge < -0.3 is 24.0 Å². The molecule has 3 aromatic heterocycles. The van der Waals surface area contributed by atoms with Gasteiger partial charge in [0.1, 0.15) is 11.5 Å². The maximum Gasteiger partial charge on any atom is 0.337 e. The van der Waals surface area contributed by atoms with Gasteiger partial charge in [0.2, 0.25) is 10.0 Å². The van der Waals surface area contributed by atoms with Crippen LogP contribution < -0.4 is 9.64 Å². The van der Waals surface area contributed by atoms with E-state index in [2.05, 4.69) is 9.88 Å². The van der Waals surface area contributed by atoms with Crippen molar-refractivity contribution in [3.05, 3.63) is 58.7 Å². The van der Waals surface area contributed by atoms with Crippen LogP contribution in [0.1, 0.15) is 55.7 Å². The van der Waals surface area contributed by atoms with E-state index < -0.39 is 33.5 Å². The van der Waals surface area contributed by atoms with Crippen molar-refractivity contribution < 1.29 is 32.2 Å². The standard InChI is InChI=1S/C35H42FN5O6S/c1-20-23-9-8-16-46-31(23)26(36)18-24(20)30-25-19-27(22-10-11-37-28(17-22)40-12-14-41(15-13-40)48(7,44)45)39(6)33(25)38-21(2)29(30)32(34(42)43)47-35(3,4)5/h10-11,17-19,32H,8-9,12-16H2,1-7H3,(H,42,43)/t32-/m0/s1. The molecule has 2 aliphatic rings. The number of fused-ring (bicyclic) bond motifs is 2. The van der Waals surface area contributed by atoms with E-state index in [9.17, 15) is 18.3 Å². The van der Waals surface area contributed by atoms with Crippen molar-refractivity contribution in [1.29, 1.82) is 0 Å². The van der Waals surface area contributed by atoms with Crippen molar-refractivity contribution in [2.24, 2.45) is 7.05 Å². The van der Waals surface area contributed by atoms with E-state index in [4.69, 9.17) is 14.5 Å². The number of pyridine rings is 2. The minimum Gasteiger partial charge on any atom is -0.490 e. The summed E-state index contributed by atoms with van der Waals surface area (Å²) in [6, 6.07) is 7.26. The molecule has 4 aromatic rings. The van der Waals surface area contributed by atoms with E-state index in [1.807, 2.05) is 36.7 Å². The van der Waals surface area contributed by atoms with E-state index in [0.29, 0.717) is 78.4 Å². The molecular formula is C35H42FN5O6S. The highest BCUT2D eigenvalue weighted by molar-refractivity contribution is 7.88. The summed E-state index contributed by atoms with van der Waals surface area (Å²) < 4.78 is 55.2. The maximum absolute atomic E-state index is 15.8. The molecule has 0 unspecified atom stereocenters. The Hall–Kier alpha value is -4.07. The average Bonchev–Trinajstić information content (AvgIpc) is 3.36. The molecule has 11 nitrogen and oxygen atoms in total. The Morgan fingerprint density at radius 3 is 2.48 bits per heavy atom. The highest BCUT2D eigenvalue weighted by atomic mass is 32.2. The van der Waals surface area contributed by atoms with Crippen LogP contribution in [0.5, 0.6) is 5.75 Å². The summed E-state index contributed by atoms with van der Waals surface area (Å²) >= 11 is 0. The normalized spacial score (nSPS) is 16.5. The number of rotatable bonds is 7. The molecule has 2 aliphatic heterocycles. The molecule has 1 fully saturated rings. The Labute approximate surface area is 280 Å². The fourth-order valence-corrected chi connectivity index (χ4v) is 7.68. The number of carbonyl (C=O) groups is 1. The molecule has 0 bridgehead atoms. The minimum absolute atomic E-state index is 0.252. The Kier molecular flexibility index (Phi) is 8.76. The number of aliphatic carboxylic acids is 1. The van der Waals surface area contributed by atoms with Crippen LogP contribution in [0.25, 0.3) is 33.4 Å². The number of halogens is 1. The fourth-order valence-electron chi connectivity index (χ4n) is 6.85. The lowest BCUT2D eigenvalue weighted by Gasteiger charge is -2.34. The first-order chi connectivity index (χ1) is 22.5. The van der Waals surface area contributed by atoms with Crippen LogP contribution in [0, 0.1) is 19.7 Å². The van der Waals surface area contributed by atoms with Gasteiger partial charge in [0.05, 0.1) is 24.2 Å². The lowest BCUT2D eigenvalue weighted by molar-refractivity contribution is -0.160. The van der Waals surface area contributed by atoms with Gasteiger partial charge >= 0.3 is 5.97 Å². The average molecular weight is 680 g/mol. The van der Waals surface area contributed by atoms with Crippen molar-refractivity contribution in [1.82, 2.24) is 18.8 Å². The predicted molar refractivity (Wildman–Crippen MR) is 182 cm³/mol. The zero-order chi connectivity index (χ0) is 34.7. The molecule has 6 rings (SSSR count). The monoisotopic (exact) mass is 679 g/mol. The second-order valence-electron chi connectivity index (χ2n) is 13.6. The highest BCUT2D eigenvalue weighted by Gasteiger charge is 2.35. The molecule has 0 amide bonds. The van der Waals surface area contributed by atoms with E-state index in [0.717, 1.165) is 28.8 Å². The Morgan fingerprint density at radius 2 is 1.83 bits per heavy atom. The number of anilines is 1. The number of carboxylic acid groups (broad SMARTS) is 1. The second kappa shape index (κ2) is 12.4. The van der Waals surface area contributed by atoms with Gasteiger partial charge in [0.15, 0.2) is 17.7 Å². The number of benzene rings is 1. The molecule has 48 heavy (non-hydrogen) atoms. The summed E-state index contributed by atoms with van der Waals surface area (Å²) in [5.41, 5.74) is 5.03. The van der Waals surface area contributed by atoms with Gasteiger partial charge in [-0.05, 0) is 82.9 Å². The summed E-state index contributed by atoms with van der Waals surface area (Å²) in [4.78, 5) is 24.5. The van der Waals surface area contributed by atoms with E-state index >= 15 is 4.39 Å². The van der Waals surface area contributed by atoms with Crippen molar-refractivity contribution >= 4 is 32.8 Å². The second-order valence-corrected chi connectivity index (χ2v) is 15.6. The Bertz CT molecular complexity index is 2030. The van der Waals surface area contributed by atoms with Crippen LogP contribution >= 0.6 is 0 Å². The third kappa shape index (κ3) is 6.26. The quantitative estimate of drug-likeness (QED) is 0.273. The zero-order valence-electron chi connectivity index (χ0n) is 28.4. The predicted octanol–water partition coefficient (Wildman–Crippen LogP) is 5.41. The Morgan fingerprint density at radius 1 is 1.12 bits per heavy atom. The summed E-state index contributed by atoms with van der Waals surface area (Å²) in [5.74, 6) is -0.690. The van der Waals surface area contributed by atoms with Gasteiger partial charge in [0, 0.05) is 72.8 Å². The fraction of sp³-hybridized carbons (Fsp3) is 0.457. The lowest BCUT2D eigenvalue weighted by Crippen LogP contribution is -2.48. The first kappa shape index (κ1) is 33.8. The number of aryl methyl sites for hydroxylation is 2. The number of carboxylic acids is 1. The summed E-state index contributed by atoms with van der Waals surface area (Å²) in [6.45, 7) is 11.3. The van der Waals surface area contributed by atoms with Gasteiger partial charge in [-0.3, -0.25) is 0 Å². The first-order valence-corrected chi connectivity index (χ1v) is 17.9. The number of aromatic nitrogens is 3. The molecule has 5 heterocycles. The van der Waals surface area contributed by atoms with Crippen molar-refractivity contribution in [2.75, 3.05) is 43.9 Å². The van der Waals surface area contributed by atoms with Crippen molar-refractivity contribution in [3.63, 3.8) is 0 Å². The van der Waals surface area contributed by atoms with Crippen LogP contribution in [0.3, 0.4) is 0 Å². The van der Waals surface area contributed by atoms with Crippen LogP contribution in [0.15, 0.2) is 30.5 Å². The molecule has 0 saturated carbocycles. The molecule has 0 radical (unpaired) electrons. The number of ether oxygens (including phenoxy) is 2. The summed E-state index contributed by atoms with van der Waals surface area (Å²) in [6.07, 6.45) is 2.97. The molecule has 1 saturated heterocycles. The van der Waals surface area contributed by atoms with Crippen molar-refractivity contribution in [3.8, 4) is 28.1 Å². The number of sulfonamides is 1. The van der Waals surface area contributed by atoms with Gasteiger partial charge in [-0.2, -0.15) is 4.31 Å². The molecule has 1 aromatic carbocycles. The van der Waals surface area contributed by atoms with Gasteiger partial charge in [-0.15, -0.1) is 0 Å². The van der Waals surface area contributed by atoms with Crippen LogP contribution in [0.2, 0.25) is 0 Å². The van der Waals surface area contributed by atoms with E-state index in [-0.39, 0.29) is 5.75 Å². The number of piperazine rings is 1. The smallest absolute Gasteiger partial charge is 0.337 e. The van der Waals surface area contributed by atoms with Crippen molar-refractivity contribution in [2.45, 2.75) is 59.2 Å². The van der Waals surface area contributed by atoms with Gasteiger partial charge in [-0.25, -0.2) is 27.6 Å². The maximum atomic E-state index is 15.8. The summed E-state index contributed by atoms with van der Waals surface area (Å²) in [5, 5.41) is 11.2. The topological polar surface area (TPSA) is 127 Å². The van der Waals surface area contributed by atoms with Crippen LogP contribution in [0.4, 0.5) is 10.2 Å². The molecule has 256 valence electrons. The van der Waals surface area contributed by atoms with Crippen LogP contribution in [-0.4, -0.2) is 83.0 Å². The number of hydrogen-bond acceptors (Lipinski definition) is 8. The summed E-state index contributed by atoms with van der Waals surface area (Å²) in [7, 11) is -1.37. The molecular weight excluding hydrogens is 637 g/mol. The highest BCUT2D eigenvalue weighted by Crippen LogP contribution is 2.45. The first-order valence-electron chi connectivity index (χ1n) is 16.1. The molecule has 1 atom stereocenters. The third-order valence-electron chi connectivity index (χ3n) is 9.14. The third-order valence-corrected chi connectivity index (χ3v) is 10.4. The number of nitrogens with zero attached hydrogens (tertiary/aromatic N) is 5. The SMILES string of the molecule is Cc1nc2c(cc(-c3ccnc(N4CCN(S(C)(=O)=O)CC4)c3)n2C)c(-c2cc(F)c3c(c2C)CCCO3)c1[C@H](OC(C)(C)C)C(=O)O. The van der Waals surface area contributed by atoms with Crippen LogP contribution in [-0.2, 0) is 33.0 Å². The molecule has 1 N–H and O–H groups in total. The number of hydrogen-bond donors (Lipinski definition) is 1. The zero-order valence-corrected chi connectivity index (χ0v) is 29.2. The van der Waals surface area contributed by atoms with E-state index in [1.54, 1.807) is 33.9 Å². The molecule has 13 heteroatoms. The largest absolute Gasteiger partial charge is 0.490 e. The Balaban J connectivity index is 1.56. The lowest BCUT2D eigenvalue weighted by atomic mass is 9.86. The minimum atomic E-state index is -3.27. The van der Waals surface area contributed by atoms with Gasteiger partial charge in [-0.1, -0.05) is 0 Å². The molecule has 0 spiro atoms. The molecule has 0 aliphatic carbocycles. The van der Waals surface area contributed by atoms with Gasteiger partial charge in [0.25, 0.3) is 0 Å².